The second-order valence-electron chi connectivity index (χ2n) is 3.95. The summed E-state index contributed by atoms with van der Waals surface area (Å²) in [5.41, 5.74) is -0.463. The zero-order valence-electron chi connectivity index (χ0n) is 8.59. The molecule has 0 heterocycles. The maximum absolute atomic E-state index is 11.3. The highest BCUT2D eigenvalue weighted by molar-refractivity contribution is 6.17. The van der Waals surface area contributed by atoms with Gasteiger partial charge in [0, 0.05) is 0 Å². The Balaban J connectivity index is 3.79. The van der Waals surface area contributed by atoms with Crippen LogP contribution >= 0.6 is 11.6 Å². The lowest BCUT2D eigenvalue weighted by Gasteiger charge is -2.20. The minimum Gasteiger partial charge on any atom is -0.460 e. The summed E-state index contributed by atoms with van der Waals surface area (Å²) in [7, 11) is 0. The van der Waals surface area contributed by atoms with Gasteiger partial charge in [0.05, 0.1) is 12.0 Å². The first-order valence-corrected chi connectivity index (χ1v) is 4.76. The number of halogens is 1. The molecule has 4 heteroatoms. The van der Waals surface area contributed by atoms with Crippen LogP contribution in [0.2, 0.25) is 0 Å². The van der Waals surface area contributed by atoms with Gasteiger partial charge >= 0.3 is 5.97 Å². The van der Waals surface area contributed by atoms with Gasteiger partial charge in [-0.15, -0.1) is 0 Å². The van der Waals surface area contributed by atoms with Crippen LogP contribution in [0.5, 0.6) is 0 Å². The average Bonchev–Trinajstić information content (AvgIpc) is 1.99. The van der Waals surface area contributed by atoms with Gasteiger partial charge in [0.1, 0.15) is 12.2 Å². The van der Waals surface area contributed by atoms with Crippen molar-refractivity contribution >= 4 is 17.6 Å². The molecule has 0 saturated carbocycles. The molecule has 0 fully saturated rings. The average molecular weight is 209 g/mol. The number of hydrogen-bond donors (Lipinski definition) is 0. The molecule has 1 atom stereocenters. The molecule has 0 aliphatic carbocycles. The molecule has 3 nitrogen and oxygen atoms in total. The smallest absolute Gasteiger partial charge is 0.311 e. The lowest BCUT2D eigenvalue weighted by Crippen LogP contribution is -2.29. The Kier molecular flexibility index (Phi) is 5.33. The number of carbonyl (C=O) groups is 1. The number of alkyl halides is 1. The molecule has 0 aromatic rings. The fraction of sp³-hybridized carbons (Fsp3) is 0.889. The Morgan fingerprint density at radius 1 is 1.46 bits per heavy atom. The highest BCUT2D eigenvalue weighted by Crippen LogP contribution is 2.16. The molecule has 0 bridgehead atoms. The highest BCUT2D eigenvalue weighted by atomic mass is 35.5. The molecule has 0 rings (SSSR count). The molecule has 0 spiro atoms. The van der Waals surface area contributed by atoms with Crippen molar-refractivity contribution in [2.24, 2.45) is 5.41 Å². The van der Waals surface area contributed by atoms with Crippen molar-refractivity contribution in [2.45, 2.75) is 33.8 Å². The van der Waals surface area contributed by atoms with E-state index >= 15 is 0 Å². The minimum absolute atomic E-state index is 0.122. The predicted molar refractivity (Wildman–Crippen MR) is 51.7 cm³/mol. The Morgan fingerprint density at radius 3 is 2.38 bits per heavy atom. The summed E-state index contributed by atoms with van der Waals surface area (Å²) in [6.07, 6.45) is -0.245. The molecule has 78 valence electrons. The Hall–Kier alpha value is -0.280. The molecule has 0 amide bonds. The summed E-state index contributed by atoms with van der Waals surface area (Å²) in [5, 5.41) is 0. The molecule has 0 aromatic heterocycles. The van der Waals surface area contributed by atoms with E-state index in [1.807, 2.05) is 20.8 Å². The largest absolute Gasteiger partial charge is 0.460 e. The van der Waals surface area contributed by atoms with Crippen LogP contribution in [0.15, 0.2) is 0 Å². The Labute approximate surface area is 84.4 Å². The van der Waals surface area contributed by atoms with Crippen LogP contribution in [0, 0.1) is 5.41 Å². The van der Waals surface area contributed by atoms with E-state index in [0.717, 1.165) is 0 Å². The van der Waals surface area contributed by atoms with E-state index in [0.29, 0.717) is 6.61 Å². The van der Waals surface area contributed by atoms with Crippen LogP contribution in [0.1, 0.15) is 27.7 Å². The van der Waals surface area contributed by atoms with Gasteiger partial charge in [0.2, 0.25) is 0 Å². The third-order valence-electron chi connectivity index (χ3n) is 1.35. The Morgan fingerprint density at radius 2 is 2.00 bits per heavy atom. The van der Waals surface area contributed by atoms with E-state index in [-0.39, 0.29) is 18.1 Å². The first-order valence-electron chi connectivity index (χ1n) is 4.22. The van der Waals surface area contributed by atoms with Crippen molar-refractivity contribution in [3.8, 4) is 0 Å². The second kappa shape index (κ2) is 5.45. The SMILES string of the molecule is CC(COCCl)OC(=O)C(C)(C)C. The third kappa shape index (κ3) is 5.88. The minimum atomic E-state index is -0.463. The van der Waals surface area contributed by atoms with E-state index in [4.69, 9.17) is 21.1 Å². The van der Waals surface area contributed by atoms with Gasteiger partial charge < -0.3 is 9.47 Å². The van der Waals surface area contributed by atoms with Crippen LogP contribution in [-0.4, -0.2) is 24.7 Å². The summed E-state index contributed by atoms with van der Waals surface area (Å²) in [4.78, 5) is 11.3. The van der Waals surface area contributed by atoms with E-state index in [9.17, 15) is 4.79 Å². The van der Waals surface area contributed by atoms with Crippen molar-refractivity contribution in [3.05, 3.63) is 0 Å². The number of carbonyl (C=O) groups excluding carboxylic acids is 1. The first kappa shape index (κ1) is 12.7. The van der Waals surface area contributed by atoms with Crippen LogP contribution in [-0.2, 0) is 14.3 Å². The zero-order chi connectivity index (χ0) is 10.5. The van der Waals surface area contributed by atoms with E-state index in [1.165, 1.54) is 0 Å². The highest BCUT2D eigenvalue weighted by Gasteiger charge is 2.24. The Bertz CT molecular complexity index is 163. The lowest BCUT2D eigenvalue weighted by atomic mass is 9.97. The number of ether oxygens (including phenoxy) is 2. The van der Waals surface area contributed by atoms with Crippen molar-refractivity contribution in [1.82, 2.24) is 0 Å². The molecule has 0 radical (unpaired) electrons. The first-order chi connectivity index (χ1) is 5.88. The van der Waals surface area contributed by atoms with Gasteiger partial charge in [-0.2, -0.15) is 0 Å². The van der Waals surface area contributed by atoms with Crippen molar-refractivity contribution in [1.29, 1.82) is 0 Å². The number of hydrogen-bond acceptors (Lipinski definition) is 3. The van der Waals surface area contributed by atoms with Gasteiger partial charge in [-0.05, 0) is 27.7 Å². The summed E-state index contributed by atoms with van der Waals surface area (Å²) >= 11 is 5.31. The van der Waals surface area contributed by atoms with Gasteiger partial charge in [-0.1, -0.05) is 11.6 Å². The van der Waals surface area contributed by atoms with Crippen LogP contribution in [0.4, 0.5) is 0 Å². The second-order valence-corrected chi connectivity index (χ2v) is 4.16. The molecule has 0 N–H and O–H groups in total. The van der Waals surface area contributed by atoms with Crippen LogP contribution < -0.4 is 0 Å². The quantitative estimate of drug-likeness (QED) is 0.525. The zero-order valence-corrected chi connectivity index (χ0v) is 9.35. The summed E-state index contributed by atoms with van der Waals surface area (Å²) in [6.45, 7) is 7.54. The topological polar surface area (TPSA) is 35.5 Å². The standard InChI is InChI=1S/C9H17ClO3/c1-7(5-12-6-10)13-8(11)9(2,3)4/h7H,5-6H2,1-4H3. The fourth-order valence-electron chi connectivity index (χ4n) is 0.604. The predicted octanol–water partition coefficient (Wildman–Crippen LogP) is 2.18. The van der Waals surface area contributed by atoms with Gasteiger partial charge in [0.25, 0.3) is 0 Å². The summed E-state index contributed by atoms with van der Waals surface area (Å²) in [6, 6.07) is 0.122. The maximum atomic E-state index is 11.3. The molecule has 1 unspecified atom stereocenters. The molecular weight excluding hydrogens is 192 g/mol. The van der Waals surface area contributed by atoms with E-state index in [1.54, 1.807) is 6.92 Å². The van der Waals surface area contributed by atoms with E-state index in [2.05, 4.69) is 0 Å². The molecular formula is C9H17ClO3. The molecule has 0 saturated heterocycles. The lowest BCUT2D eigenvalue weighted by molar-refractivity contribution is -0.160. The normalized spacial score (nSPS) is 13.9. The fourth-order valence-corrected chi connectivity index (χ4v) is 0.693. The van der Waals surface area contributed by atoms with Crippen LogP contribution in [0.3, 0.4) is 0 Å². The van der Waals surface area contributed by atoms with Crippen LogP contribution in [0.25, 0.3) is 0 Å². The maximum Gasteiger partial charge on any atom is 0.311 e. The number of rotatable bonds is 4. The molecule has 13 heavy (non-hydrogen) atoms. The van der Waals surface area contributed by atoms with Crippen molar-refractivity contribution in [3.63, 3.8) is 0 Å². The third-order valence-corrected chi connectivity index (χ3v) is 1.50. The van der Waals surface area contributed by atoms with E-state index < -0.39 is 5.41 Å². The van der Waals surface area contributed by atoms with Crippen molar-refractivity contribution < 1.29 is 14.3 Å². The number of esters is 1. The molecule has 0 aliphatic rings. The van der Waals surface area contributed by atoms with Gasteiger partial charge in [-0.3, -0.25) is 4.79 Å². The molecule has 0 aromatic carbocycles. The van der Waals surface area contributed by atoms with Crippen molar-refractivity contribution in [2.75, 3.05) is 12.7 Å². The monoisotopic (exact) mass is 208 g/mol. The van der Waals surface area contributed by atoms with Gasteiger partial charge in [-0.25, -0.2) is 0 Å². The van der Waals surface area contributed by atoms with Gasteiger partial charge in [0.15, 0.2) is 0 Å². The molecule has 0 aliphatic heterocycles. The summed E-state index contributed by atoms with van der Waals surface area (Å²) < 4.78 is 9.99. The summed E-state index contributed by atoms with van der Waals surface area (Å²) in [5.74, 6) is -0.224.